The van der Waals surface area contributed by atoms with Crippen LogP contribution in [-0.4, -0.2) is 4.40 Å². The Balaban J connectivity index is 1.89. The first kappa shape index (κ1) is 20.7. The van der Waals surface area contributed by atoms with Gasteiger partial charge in [0.15, 0.2) is 6.20 Å². The number of nitrogens with zero attached hydrogens (tertiary/aromatic N) is 2. The molecule has 0 aliphatic heterocycles. The second-order valence-corrected chi connectivity index (χ2v) is 11.7. The molecule has 0 aliphatic carbocycles. The van der Waals surface area contributed by atoms with E-state index >= 15 is 0 Å². The second-order valence-electron chi connectivity index (χ2n) is 11.7. The summed E-state index contributed by atoms with van der Waals surface area (Å²) in [7, 11) is 2.20. The number of fused-ring (bicyclic) bond motifs is 7. The van der Waals surface area contributed by atoms with Crippen molar-refractivity contribution in [1.29, 1.82) is 0 Å². The number of pyridine rings is 2. The van der Waals surface area contributed by atoms with Crippen LogP contribution >= 0.6 is 0 Å². The van der Waals surface area contributed by atoms with Crippen molar-refractivity contribution in [2.75, 3.05) is 0 Å². The summed E-state index contributed by atoms with van der Waals surface area (Å²) in [5, 5.41) is 9.47. The first-order chi connectivity index (χ1) is 16.7. The molecule has 4 aromatic carbocycles. The predicted octanol–water partition coefficient (Wildman–Crippen LogP) is 8.17. The van der Waals surface area contributed by atoms with Crippen LogP contribution in [0.1, 0.15) is 37.5 Å². The van der Waals surface area contributed by atoms with Crippen LogP contribution in [0.25, 0.3) is 59.8 Å². The van der Waals surface area contributed by atoms with Crippen molar-refractivity contribution < 1.29 is 4.57 Å². The molecule has 0 bridgehead atoms. The SMILES string of the molecule is Cc1ccc2c3c4ccccc4c(C)c4c3n(c2c1)c1cc(CC(C)(C)C)cc2cc[n+](C)c4c21. The Bertz CT molecular complexity index is 1980. The summed E-state index contributed by atoms with van der Waals surface area (Å²) in [5.41, 5.74) is 9.61. The minimum atomic E-state index is 0.229. The molecule has 0 radical (unpaired) electrons. The molecule has 0 fully saturated rings. The maximum atomic E-state index is 2.58. The zero-order valence-corrected chi connectivity index (χ0v) is 21.5. The summed E-state index contributed by atoms with van der Waals surface area (Å²) in [6.45, 7) is 11.5. The molecular weight excluding hydrogens is 424 g/mol. The van der Waals surface area contributed by atoms with E-state index in [0.717, 1.165) is 6.42 Å². The molecule has 0 amide bonds. The fourth-order valence-corrected chi connectivity index (χ4v) is 6.52. The van der Waals surface area contributed by atoms with E-state index in [0.29, 0.717) is 0 Å². The molecule has 3 heterocycles. The lowest BCUT2D eigenvalue weighted by molar-refractivity contribution is -0.643. The Morgan fingerprint density at radius 3 is 2.31 bits per heavy atom. The number of benzene rings is 4. The molecular formula is C33H31N2+. The largest absolute Gasteiger partial charge is 0.307 e. The zero-order chi connectivity index (χ0) is 24.2. The van der Waals surface area contributed by atoms with E-state index in [9.17, 15) is 0 Å². The van der Waals surface area contributed by atoms with E-state index in [1.807, 2.05) is 0 Å². The van der Waals surface area contributed by atoms with Gasteiger partial charge >= 0.3 is 0 Å². The second kappa shape index (κ2) is 6.73. The zero-order valence-electron chi connectivity index (χ0n) is 21.5. The molecule has 172 valence electrons. The van der Waals surface area contributed by atoms with Gasteiger partial charge in [0.1, 0.15) is 7.05 Å². The summed E-state index contributed by atoms with van der Waals surface area (Å²) in [6.07, 6.45) is 3.29. The summed E-state index contributed by atoms with van der Waals surface area (Å²) in [5.74, 6) is 0. The van der Waals surface area contributed by atoms with Crippen molar-refractivity contribution in [3.63, 3.8) is 0 Å². The highest BCUT2D eigenvalue weighted by atomic mass is 15.0. The van der Waals surface area contributed by atoms with Gasteiger partial charge in [0.25, 0.3) is 0 Å². The quantitative estimate of drug-likeness (QED) is 0.134. The monoisotopic (exact) mass is 455 g/mol. The Morgan fingerprint density at radius 2 is 1.54 bits per heavy atom. The predicted molar refractivity (Wildman–Crippen MR) is 150 cm³/mol. The van der Waals surface area contributed by atoms with E-state index in [1.165, 1.54) is 76.5 Å². The van der Waals surface area contributed by atoms with Crippen molar-refractivity contribution in [3.05, 3.63) is 83.6 Å². The minimum Gasteiger partial charge on any atom is -0.307 e. The fraction of sp³-hybridized carbons (Fsp3) is 0.242. The standard InChI is InChI=1S/C33H31N2/c1-19-11-12-25-26(15-19)35-27-17-21(18-33(3,4)5)16-22-13-14-34(6)31(29(22)27)28-20(2)23-9-7-8-10-24(23)30(25)32(28)35/h7-17H,18H2,1-6H3/q+1. The van der Waals surface area contributed by atoms with Gasteiger partial charge in [-0.2, -0.15) is 0 Å². The average molecular weight is 456 g/mol. The van der Waals surface area contributed by atoms with Crippen LogP contribution in [0.5, 0.6) is 0 Å². The third-order valence-corrected chi connectivity index (χ3v) is 7.82. The van der Waals surface area contributed by atoms with Crippen LogP contribution in [0, 0.1) is 19.3 Å². The Kier molecular flexibility index (Phi) is 3.98. The molecule has 0 unspecified atom stereocenters. The fourth-order valence-electron chi connectivity index (χ4n) is 6.52. The smallest absolute Gasteiger partial charge is 0.224 e. The van der Waals surface area contributed by atoms with Crippen molar-refractivity contribution in [2.24, 2.45) is 12.5 Å². The molecule has 3 aromatic heterocycles. The lowest BCUT2D eigenvalue weighted by Gasteiger charge is -2.20. The molecule has 0 atom stereocenters. The molecule has 0 aliphatic rings. The van der Waals surface area contributed by atoms with Crippen molar-refractivity contribution in [3.8, 4) is 0 Å². The summed E-state index contributed by atoms with van der Waals surface area (Å²) < 4.78 is 4.91. The molecule has 7 rings (SSSR count). The summed E-state index contributed by atoms with van der Waals surface area (Å²) in [6, 6.07) is 23.1. The van der Waals surface area contributed by atoms with Gasteiger partial charge in [-0.25, -0.2) is 4.57 Å². The first-order valence-corrected chi connectivity index (χ1v) is 12.6. The number of hydrogen-bond donors (Lipinski definition) is 0. The van der Waals surface area contributed by atoms with Crippen LogP contribution in [0.15, 0.2) is 66.9 Å². The maximum absolute atomic E-state index is 2.58. The van der Waals surface area contributed by atoms with Crippen molar-refractivity contribution in [2.45, 2.75) is 41.0 Å². The van der Waals surface area contributed by atoms with Gasteiger partial charge in [0.2, 0.25) is 5.52 Å². The van der Waals surface area contributed by atoms with Gasteiger partial charge in [0.05, 0.1) is 27.3 Å². The molecule has 2 heteroatoms. The molecule has 0 spiro atoms. The van der Waals surface area contributed by atoms with Crippen LogP contribution in [0.3, 0.4) is 0 Å². The van der Waals surface area contributed by atoms with E-state index in [4.69, 9.17) is 0 Å². The van der Waals surface area contributed by atoms with Gasteiger partial charge in [-0.3, -0.25) is 0 Å². The number of aryl methyl sites for hydroxylation is 3. The molecule has 35 heavy (non-hydrogen) atoms. The number of rotatable bonds is 1. The Labute approximate surface area is 205 Å². The first-order valence-electron chi connectivity index (χ1n) is 12.6. The molecule has 0 saturated carbocycles. The van der Waals surface area contributed by atoms with Crippen LogP contribution < -0.4 is 4.57 Å². The lowest BCUT2D eigenvalue weighted by Crippen LogP contribution is -2.29. The van der Waals surface area contributed by atoms with Gasteiger partial charge < -0.3 is 4.40 Å². The summed E-state index contributed by atoms with van der Waals surface area (Å²) in [4.78, 5) is 0. The highest BCUT2D eigenvalue weighted by Gasteiger charge is 2.26. The minimum absolute atomic E-state index is 0.229. The van der Waals surface area contributed by atoms with E-state index in [2.05, 4.69) is 117 Å². The number of aromatic nitrogens is 2. The molecule has 2 nitrogen and oxygen atoms in total. The van der Waals surface area contributed by atoms with Crippen molar-refractivity contribution >= 4 is 59.8 Å². The van der Waals surface area contributed by atoms with Gasteiger partial charge in [-0.05, 0) is 70.7 Å². The average Bonchev–Trinajstić information content (AvgIpc) is 3.13. The van der Waals surface area contributed by atoms with Crippen molar-refractivity contribution in [1.82, 2.24) is 4.40 Å². The molecule has 0 N–H and O–H groups in total. The number of hydrogen-bond acceptors (Lipinski definition) is 0. The Hall–Kier alpha value is -3.65. The van der Waals surface area contributed by atoms with E-state index < -0.39 is 0 Å². The van der Waals surface area contributed by atoms with Gasteiger partial charge in [0, 0.05) is 16.8 Å². The lowest BCUT2D eigenvalue weighted by atomic mass is 9.87. The summed E-state index contributed by atoms with van der Waals surface area (Å²) >= 11 is 0. The van der Waals surface area contributed by atoms with Gasteiger partial charge in [-0.15, -0.1) is 0 Å². The van der Waals surface area contributed by atoms with Gasteiger partial charge in [-0.1, -0.05) is 63.2 Å². The highest BCUT2D eigenvalue weighted by molar-refractivity contribution is 6.32. The molecule has 0 saturated heterocycles. The molecule has 7 aromatic rings. The maximum Gasteiger partial charge on any atom is 0.224 e. The van der Waals surface area contributed by atoms with E-state index in [-0.39, 0.29) is 5.41 Å². The van der Waals surface area contributed by atoms with Crippen LogP contribution in [-0.2, 0) is 13.5 Å². The third-order valence-electron chi connectivity index (χ3n) is 7.82. The highest BCUT2D eigenvalue weighted by Crippen LogP contribution is 2.45. The Morgan fingerprint density at radius 1 is 0.771 bits per heavy atom. The third kappa shape index (κ3) is 2.74. The van der Waals surface area contributed by atoms with Crippen LogP contribution in [0.2, 0.25) is 0 Å². The van der Waals surface area contributed by atoms with Crippen LogP contribution in [0.4, 0.5) is 0 Å². The van der Waals surface area contributed by atoms with E-state index in [1.54, 1.807) is 0 Å². The normalized spacial score (nSPS) is 13.0. The topological polar surface area (TPSA) is 8.29 Å².